The minimum atomic E-state index is 1.12. The van der Waals surface area contributed by atoms with Gasteiger partial charge in [0.15, 0.2) is 0 Å². The lowest BCUT2D eigenvalue weighted by Gasteiger charge is -1.96. The van der Waals surface area contributed by atoms with Crippen LogP contribution in [-0.2, 0) is 6.42 Å². The molecule has 0 amide bonds. The van der Waals surface area contributed by atoms with Crippen molar-refractivity contribution in [2.24, 2.45) is 0 Å². The summed E-state index contributed by atoms with van der Waals surface area (Å²) in [6.45, 7) is 2.09. The zero-order valence-corrected chi connectivity index (χ0v) is 6.67. The summed E-state index contributed by atoms with van der Waals surface area (Å²) in [6.07, 6.45) is 6.35. The van der Waals surface area contributed by atoms with Gasteiger partial charge in [0.2, 0.25) is 0 Å². The Labute approximate surface area is 66.8 Å². The molecule has 56 valence electrons. The van der Waals surface area contributed by atoms with Crippen molar-refractivity contribution in [2.45, 2.75) is 19.8 Å². The molecule has 0 atom stereocenters. The number of hydrogen-bond donors (Lipinski definition) is 0. The third-order valence-corrected chi connectivity index (χ3v) is 2.22. The van der Waals surface area contributed by atoms with Crippen molar-refractivity contribution in [3.05, 3.63) is 35.7 Å². The van der Waals surface area contributed by atoms with Crippen molar-refractivity contribution in [3.8, 4) is 0 Å². The van der Waals surface area contributed by atoms with E-state index in [1.54, 1.807) is 0 Å². The van der Waals surface area contributed by atoms with Gasteiger partial charge < -0.3 is 0 Å². The van der Waals surface area contributed by atoms with Crippen molar-refractivity contribution in [1.82, 2.24) is 4.98 Å². The van der Waals surface area contributed by atoms with Crippen molar-refractivity contribution in [1.29, 1.82) is 0 Å². The maximum Gasteiger partial charge on any atom is 0.0481 e. The molecule has 0 aromatic carbocycles. The average molecular weight is 145 g/mol. The highest BCUT2D eigenvalue weighted by Crippen LogP contribution is 2.29. The molecular weight excluding hydrogens is 134 g/mol. The molecule has 1 heteroatoms. The first kappa shape index (κ1) is 6.59. The molecule has 0 bridgehead atoms. The van der Waals surface area contributed by atoms with Gasteiger partial charge in [-0.2, -0.15) is 0 Å². The monoisotopic (exact) mass is 145 g/mol. The second-order valence-corrected chi connectivity index (χ2v) is 2.81. The normalized spacial score (nSPS) is 18.8. The first-order valence-corrected chi connectivity index (χ1v) is 4.01. The zero-order valence-electron chi connectivity index (χ0n) is 6.67. The highest BCUT2D eigenvalue weighted by molar-refractivity contribution is 5.70. The third-order valence-electron chi connectivity index (χ3n) is 2.22. The Hall–Kier alpha value is -1.11. The molecule has 0 radical (unpaired) electrons. The Kier molecular flexibility index (Phi) is 1.50. The highest BCUT2D eigenvalue weighted by atomic mass is 14.7. The van der Waals surface area contributed by atoms with E-state index in [-0.39, 0.29) is 0 Å². The third kappa shape index (κ3) is 0.967. The number of hydrogen-bond acceptors (Lipinski definition) is 1. The maximum atomic E-state index is 4.32. The number of allylic oxidation sites excluding steroid dienone is 2. The number of pyridine rings is 1. The SMILES string of the molecule is C/C=C1\CCc2ncccc21. The Bertz CT molecular complexity index is 299. The van der Waals surface area contributed by atoms with Gasteiger partial charge in [-0.05, 0) is 37.0 Å². The molecule has 0 aliphatic heterocycles. The van der Waals surface area contributed by atoms with Crippen LogP contribution in [0.5, 0.6) is 0 Å². The van der Waals surface area contributed by atoms with Crippen LogP contribution < -0.4 is 0 Å². The number of nitrogens with zero attached hydrogens (tertiary/aromatic N) is 1. The smallest absolute Gasteiger partial charge is 0.0481 e. The minimum Gasteiger partial charge on any atom is -0.261 e. The van der Waals surface area contributed by atoms with E-state index in [9.17, 15) is 0 Å². The second-order valence-electron chi connectivity index (χ2n) is 2.81. The van der Waals surface area contributed by atoms with E-state index < -0.39 is 0 Å². The molecule has 1 nitrogen and oxygen atoms in total. The Morgan fingerprint density at radius 2 is 2.36 bits per heavy atom. The van der Waals surface area contributed by atoms with Gasteiger partial charge in [-0.25, -0.2) is 0 Å². The van der Waals surface area contributed by atoms with E-state index in [1.165, 1.54) is 23.3 Å². The highest BCUT2D eigenvalue weighted by Gasteiger charge is 2.14. The van der Waals surface area contributed by atoms with Gasteiger partial charge in [-0.3, -0.25) is 4.98 Å². The number of aryl methyl sites for hydroxylation is 1. The predicted octanol–water partition coefficient (Wildman–Crippen LogP) is 2.43. The van der Waals surface area contributed by atoms with Crippen LogP contribution in [0.15, 0.2) is 24.4 Å². The minimum absolute atomic E-state index is 1.12. The Morgan fingerprint density at radius 3 is 3.18 bits per heavy atom. The van der Waals surface area contributed by atoms with E-state index in [1.807, 2.05) is 12.3 Å². The molecule has 1 aromatic heterocycles. The van der Waals surface area contributed by atoms with E-state index >= 15 is 0 Å². The summed E-state index contributed by atoms with van der Waals surface area (Å²) < 4.78 is 0. The van der Waals surface area contributed by atoms with Gasteiger partial charge in [0.05, 0.1) is 0 Å². The quantitative estimate of drug-likeness (QED) is 0.546. The van der Waals surface area contributed by atoms with E-state index in [0.717, 1.165) is 6.42 Å². The van der Waals surface area contributed by atoms with Crippen LogP contribution in [-0.4, -0.2) is 4.98 Å². The van der Waals surface area contributed by atoms with Crippen LogP contribution >= 0.6 is 0 Å². The summed E-state index contributed by atoms with van der Waals surface area (Å²) in [5.41, 5.74) is 4.07. The topological polar surface area (TPSA) is 12.9 Å². The van der Waals surface area contributed by atoms with Gasteiger partial charge in [0, 0.05) is 11.9 Å². The predicted molar refractivity (Wildman–Crippen MR) is 46.2 cm³/mol. The fraction of sp³-hybridized carbons (Fsp3) is 0.300. The first-order chi connectivity index (χ1) is 5.42. The number of fused-ring (bicyclic) bond motifs is 1. The van der Waals surface area contributed by atoms with E-state index in [2.05, 4.69) is 24.1 Å². The van der Waals surface area contributed by atoms with Crippen molar-refractivity contribution >= 4 is 5.57 Å². The van der Waals surface area contributed by atoms with Crippen LogP contribution in [0.25, 0.3) is 5.57 Å². The van der Waals surface area contributed by atoms with Gasteiger partial charge in [-0.15, -0.1) is 0 Å². The summed E-state index contributed by atoms with van der Waals surface area (Å²) in [7, 11) is 0. The summed E-state index contributed by atoms with van der Waals surface area (Å²) in [5, 5.41) is 0. The molecule has 0 unspecified atom stereocenters. The first-order valence-electron chi connectivity index (χ1n) is 4.01. The number of rotatable bonds is 0. The van der Waals surface area contributed by atoms with Crippen molar-refractivity contribution in [3.63, 3.8) is 0 Å². The number of aromatic nitrogens is 1. The van der Waals surface area contributed by atoms with Crippen LogP contribution in [0.3, 0.4) is 0 Å². The van der Waals surface area contributed by atoms with Gasteiger partial charge in [0.1, 0.15) is 0 Å². The van der Waals surface area contributed by atoms with Crippen LogP contribution in [0, 0.1) is 0 Å². The second kappa shape index (κ2) is 2.50. The summed E-state index contributed by atoms with van der Waals surface area (Å²) in [6, 6.07) is 4.16. The molecule has 0 fully saturated rings. The summed E-state index contributed by atoms with van der Waals surface area (Å²) in [5.74, 6) is 0. The molecule has 0 N–H and O–H groups in total. The Balaban J connectivity index is 2.55. The fourth-order valence-electron chi connectivity index (χ4n) is 1.62. The molecule has 1 aliphatic carbocycles. The molecule has 2 rings (SSSR count). The van der Waals surface area contributed by atoms with Gasteiger partial charge in [0.25, 0.3) is 0 Å². The standard InChI is InChI=1S/C10H11N/c1-2-8-5-6-10-9(8)4-3-7-11-10/h2-4,7H,5-6H2,1H3/b8-2+. The molecular formula is C10H11N. The lowest BCUT2D eigenvalue weighted by Crippen LogP contribution is -1.83. The average Bonchev–Trinajstić information content (AvgIpc) is 2.47. The lowest BCUT2D eigenvalue weighted by molar-refractivity contribution is 1.01. The molecule has 0 spiro atoms. The largest absolute Gasteiger partial charge is 0.261 e. The summed E-state index contributed by atoms with van der Waals surface area (Å²) >= 11 is 0. The molecule has 11 heavy (non-hydrogen) atoms. The fourth-order valence-corrected chi connectivity index (χ4v) is 1.62. The Morgan fingerprint density at radius 1 is 1.45 bits per heavy atom. The van der Waals surface area contributed by atoms with Crippen molar-refractivity contribution in [2.75, 3.05) is 0 Å². The van der Waals surface area contributed by atoms with E-state index in [0.29, 0.717) is 0 Å². The maximum absolute atomic E-state index is 4.32. The van der Waals surface area contributed by atoms with E-state index in [4.69, 9.17) is 0 Å². The summed E-state index contributed by atoms with van der Waals surface area (Å²) in [4.78, 5) is 4.32. The molecule has 1 heterocycles. The molecule has 1 aromatic rings. The van der Waals surface area contributed by atoms with Gasteiger partial charge >= 0.3 is 0 Å². The van der Waals surface area contributed by atoms with Crippen LogP contribution in [0.4, 0.5) is 0 Å². The van der Waals surface area contributed by atoms with Crippen LogP contribution in [0.2, 0.25) is 0 Å². The molecule has 1 aliphatic rings. The van der Waals surface area contributed by atoms with Crippen molar-refractivity contribution < 1.29 is 0 Å². The lowest BCUT2D eigenvalue weighted by atomic mass is 10.1. The zero-order chi connectivity index (χ0) is 7.68. The van der Waals surface area contributed by atoms with Crippen LogP contribution in [0.1, 0.15) is 24.6 Å². The molecule has 0 saturated heterocycles. The molecule has 0 saturated carbocycles. The van der Waals surface area contributed by atoms with Gasteiger partial charge in [-0.1, -0.05) is 12.1 Å².